The summed E-state index contributed by atoms with van der Waals surface area (Å²) in [5.41, 5.74) is 3.06. The number of carbonyl (C=O) groups excluding carboxylic acids is 2. The zero-order chi connectivity index (χ0) is 20.4. The molecule has 7 nitrogen and oxygen atoms in total. The van der Waals surface area contributed by atoms with Crippen molar-refractivity contribution >= 4 is 28.3 Å². The maximum atomic E-state index is 13.3. The van der Waals surface area contributed by atoms with E-state index in [1.165, 1.54) is 11.3 Å². The Balaban J connectivity index is 1.52. The van der Waals surface area contributed by atoms with E-state index >= 15 is 0 Å². The topological polar surface area (TPSA) is 80.1 Å². The van der Waals surface area contributed by atoms with Gasteiger partial charge in [0.15, 0.2) is 5.13 Å². The molecular weight excluding hydrogens is 386 g/mol. The van der Waals surface area contributed by atoms with E-state index in [2.05, 4.69) is 15.4 Å². The molecular formula is C21H23N5O2S. The first-order valence-electron chi connectivity index (χ1n) is 9.66. The predicted octanol–water partition coefficient (Wildman–Crippen LogP) is 3.44. The van der Waals surface area contributed by atoms with Gasteiger partial charge in [0.25, 0.3) is 5.91 Å². The SMILES string of the molecule is Cc1nn(-c2ccccc2)c(C)c1C(=O)N1CCC[C@H](C(=O)Nc2nccs2)C1. The molecule has 3 aromatic rings. The number of anilines is 1. The average molecular weight is 410 g/mol. The van der Waals surface area contributed by atoms with Crippen LogP contribution < -0.4 is 5.32 Å². The minimum Gasteiger partial charge on any atom is -0.338 e. The molecule has 0 spiro atoms. The van der Waals surface area contributed by atoms with E-state index in [4.69, 9.17) is 0 Å². The number of likely N-dealkylation sites (tertiary alicyclic amines) is 1. The number of carbonyl (C=O) groups is 2. The molecule has 1 fully saturated rings. The first-order chi connectivity index (χ1) is 14.0. The molecule has 0 unspecified atom stereocenters. The van der Waals surface area contributed by atoms with Gasteiger partial charge >= 0.3 is 0 Å². The van der Waals surface area contributed by atoms with Crippen LogP contribution in [0, 0.1) is 19.8 Å². The smallest absolute Gasteiger partial charge is 0.257 e. The molecule has 1 aliphatic rings. The standard InChI is InChI=1S/C21H23N5O2S/c1-14-18(15(2)26(24-14)17-8-4-3-5-9-17)20(28)25-11-6-7-16(13-25)19(27)23-21-22-10-12-29-21/h3-5,8-10,12,16H,6-7,11,13H2,1-2H3,(H,22,23,27)/t16-/m0/s1. The minimum atomic E-state index is -0.235. The Morgan fingerprint density at radius 1 is 1.21 bits per heavy atom. The van der Waals surface area contributed by atoms with Crippen LogP contribution >= 0.6 is 11.3 Å². The summed E-state index contributed by atoms with van der Waals surface area (Å²) in [7, 11) is 0. The lowest BCUT2D eigenvalue weighted by Gasteiger charge is -2.32. The molecule has 3 heterocycles. The van der Waals surface area contributed by atoms with Crippen LogP contribution in [0.3, 0.4) is 0 Å². The van der Waals surface area contributed by atoms with Crippen molar-refractivity contribution in [3.05, 3.63) is 58.9 Å². The van der Waals surface area contributed by atoms with E-state index in [9.17, 15) is 9.59 Å². The summed E-state index contributed by atoms with van der Waals surface area (Å²) >= 11 is 1.39. The largest absolute Gasteiger partial charge is 0.338 e. The number of nitrogens with one attached hydrogen (secondary N) is 1. The summed E-state index contributed by atoms with van der Waals surface area (Å²) < 4.78 is 1.80. The number of rotatable bonds is 4. The zero-order valence-corrected chi connectivity index (χ0v) is 17.3. The molecule has 1 aliphatic heterocycles. The fraction of sp³-hybridized carbons (Fsp3) is 0.333. The number of benzene rings is 1. The van der Waals surface area contributed by atoms with Crippen LogP contribution in [-0.4, -0.2) is 44.6 Å². The van der Waals surface area contributed by atoms with Crippen LogP contribution in [0.1, 0.15) is 34.6 Å². The first-order valence-corrected chi connectivity index (χ1v) is 10.5. The number of hydrogen-bond donors (Lipinski definition) is 1. The number of aryl methyl sites for hydroxylation is 1. The molecule has 0 saturated carbocycles. The quantitative estimate of drug-likeness (QED) is 0.716. The second-order valence-corrected chi connectivity index (χ2v) is 8.10. The summed E-state index contributed by atoms with van der Waals surface area (Å²) in [4.78, 5) is 31.8. The third kappa shape index (κ3) is 3.93. The Morgan fingerprint density at radius 2 is 2.00 bits per heavy atom. The lowest BCUT2D eigenvalue weighted by Crippen LogP contribution is -2.44. The van der Waals surface area contributed by atoms with Crippen molar-refractivity contribution in [2.75, 3.05) is 18.4 Å². The number of hydrogen-bond acceptors (Lipinski definition) is 5. The second kappa shape index (κ2) is 8.16. The highest BCUT2D eigenvalue weighted by atomic mass is 32.1. The maximum Gasteiger partial charge on any atom is 0.257 e. The molecule has 0 bridgehead atoms. The van der Waals surface area contributed by atoms with Crippen molar-refractivity contribution in [1.29, 1.82) is 0 Å². The number of aromatic nitrogens is 3. The van der Waals surface area contributed by atoms with E-state index in [-0.39, 0.29) is 17.7 Å². The molecule has 29 heavy (non-hydrogen) atoms. The van der Waals surface area contributed by atoms with E-state index in [1.54, 1.807) is 15.8 Å². The molecule has 0 aliphatic carbocycles. The van der Waals surface area contributed by atoms with Crippen molar-refractivity contribution in [3.8, 4) is 5.69 Å². The lowest BCUT2D eigenvalue weighted by molar-refractivity contribution is -0.121. The van der Waals surface area contributed by atoms with Crippen molar-refractivity contribution in [2.24, 2.45) is 5.92 Å². The Labute approximate surface area is 173 Å². The summed E-state index contributed by atoms with van der Waals surface area (Å²) in [5.74, 6) is -0.374. The van der Waals surface area contributed by atoms with Crippen molar-refractivity contribution in [3.63, 3.8) is 0 Å². The van der Waals surface area contributed by atoms with Crippen LogP contribution in [0.5, 0.6) is 0 Å². The number of thiazole rings is 1. The van der Waals surface area contributed by atoms with Gasteiger partial charge in [-0.15, -0.1) is 11.3 Å². The van der Waals surface area contributed by atoms with Gasteiger partial charge in [-0.25, -0.2) is 9.67 Å². The van der Waals surface area contributed by atoms with Gasteiger partial charge in [0.05, 0.1) is 28.6 Å². The van der Waals surface area contributed by atoms with E-state index in [1.807, 2.05) is 49.6 Å². The van der Waals surface area contributed by atoms with Crippen molar-refractivity contribution in [1.82, 2.24) is 19.7 Å². The van der Waals surface area contributed by atoms with Crippen LogP contribution in [0.15, 0.2) is 41.9 Å². The Morgan fingerprint density at radius 3 is 2.72 bits per heavy atom. The van der Waals surface area contributed by atoms with Gasteiger partial charge in [-0.2, -0.15) is 5.10 Å². The number of nitrogens with zero attached hydrogens (tertiary/aromatic N) is 4. The van der Waals surface area contributed by atoms with Gasteiger partial charge in [0.1, 0.15) is 0 Å². The Hall–Kier alpha value is -3.00. The molecule has 1 aromatic carbocycles. The normalized spacial score (nSPS) is 16.6. The van der Waals surface area contributed by atoms with Crippen molar-refractivity contribution in [2.45, 2.75) is 26.7 Å². The third-order valence-corrected chi connectivity index (χ3v) is 5.94. The number of piperidine rings is 1. The minimum absolute atomic E-state index is 0.0612. The van der Waals surface area contributed by atoms with Crippen LogP contribution in [0.2, 0.25) is 0 Å². The van der Waals surface area contributed by atoms with Crippen LogP contribution in [0.4, 0.5) is 5.13 Å². The van der Waals surface area contributed by atoms with Gasteiger partial charge in [0.2, 0.25) is 5.91 Å². The summed E-state index contributed by atoms with van der Waals surface area (Å²) in [6.07, 6.45) is 3.22. The van der Waals surface area contributed by atoms with E-state index < -0.39 is 0 Å². The van der Waals surface area contributed by atoms with Crippen molar-refractivity contribution < 1.29 is 9.59 Å². The average Bonchev–Trinajstić information content (AvgIpc) is 3.35. The summed E-state index contributed by atoms with van der Waals surface area (Å²) in [6, 6.07) is 9.78. The molecule has 0 radical (unpaired) electrons. The fourth-order valence-electron chi connectivity index (χ4n) is 3.80. The predicted molar refractivity (Wildman–Crippen MR) is 112 cm³/mol. The van der Waals surface area contributed by atoms with E-state index in [0.29, 0.717) is 29.5 Å². The Kier molecular flexibility index (Phi) is 5.44. The summed E-state index contributed by atoms with van der Waals surface area (Å²) in [6.45, 7) is 4.83. The molecule has 1 atom stereocenters. The highest BCUT2D eigenvalue weighted by Gasteiger charge is 2.31. The number of para-hydroxylation sites is 1. The van der Waals surface area contributed by atoms with Gasteiger partial charge in [-0.3, -0.25) is 9.59 Å². The van der Waals surface area contributed by atoms with Gasteiger partial charge in [-0.05, 0) is 38.8 Å². The molecule has 2 aromatic heterocycles. The second-order valence-electron chi connectivity index (χ2n) is 7.21. The first kappa shape index (κ1) is 19.3. The lowest BCUT2D eigenvalue weighted by atomic mass is 9.96. The van der Waals surface area contributed by atoms with Crippen LogP contribution in [-0.2, 0) is 4.79 Å². The summed E-state index contributed by atoms with van der Waals surface area (Å²) in [5, 5.41) is 9.85. The highest BCUT2D eigenvalue weighted by molar-refractivity contribution is 7.13. The number of amides is 2. The van der Waals surface area contributed by atoms with Crippen LogP contribution in [0.25, 0.3) is 5.69 Å². The fourth-order valence-corrected chi connectivity index (χ4v) is 4.33. The van der Waals surface area contributed by atoms with Gasteiger partial charge in [-0.1, -0.05) is 18.2 Å². The molecule has 4 rings (SSSR count). The highest BCUT2D eigenvalue weighted by Crippen LogP contribution is 2.24. The third-order valence-electron chi connectivity index (χ3n) is 5.25. The molecule has 2 amide bonds. The van der Waals surface area contributed by atoms with Gasteiger partial charge < -0.3 is 10.2 Å². The molecule has 1 saturated heterocycles. The molecule has 1 N–H and O–H groups in total. The van der Waals surface area contributed by atoms with E-state index in [0.717, 1.165) is 24.2 Å². The molecule has 8 heteroatoms. The zero-order valence-electron chi connectivity index (χ0n) is 16.5. The monoisotopic (exact) mass is 409 g/mol. The maximum absolute atomic E-state index is 13.3. The Bertz CT molecular complexity index is 1010. The van der Waals surface area contributed by atoms with Gasteiger partial charge in [0, 0.05) is 24.7 Å². The molecule has 150 valence electrons.